The van der Waals surface area contributed by atoms with Crippen molar-refractivity contribution < 1.29 is 19.4 Å². The van der Waals surface area contributed by atoms with Crippen LogP contribution < -0.4 is 4.74 Å². The van der Waals surface area contributed by atoms with Crippen LogP contribution in [0.1, 0.15) is 38.2 Å². The van der Waals surface area contributed by atoms with E-state index in [4.69, 9.17) is 4.74 Å². The van der Waals surface area contributed by atoms with E-state index in [1.54, 1.807) is 14.0 Å². The summed E-state index contributed by atoms with van der Waals surface area (Å²) in [5.41, 5.74) is 0.836. The van der Waals surface area contributed by atoms with E-state index in [9.17, 15) is 14.7 Å². The molecule has 114 valence electrons. The quantitative estimate of drug-likeness (QED) is 0.924. The minimum absolute atomic E-state index is 0.0355. The number of nitrogens with zero attached hydrogens (tertiary/aromatic N) is 1. The lowest BCUT2D eigenvalue weighted by atomic mass is 9.98. The van der Waals surface area contributed by atoms with Crippen molar-refractivity contribution in [3.63, 3.8) is 0 Å². The van der Waals surface area contributed by atoms with Crippen LogP contribution in [-0.4, -0.2) is 41.1 Å². The molecule has 0 bridgehead atoms. The lowest BCUT2D eigenvalue weighted by Gasteiger charge is -2.29. The molecule has 2 rings (SSSR count). The maximum Gasteiger partial charge on any atom is 0.326 e. The number of likely N-dealkylation sites (tertiary alicyclic amines) is 1. The van der Waals surface area contributed by atoms with E-state index in [2.05, 4.69) is 0 Å². The SMILES string of the molecule is COc1cccc(C(C)C(=O)N2[C@@H](C)CC[C@H]2C(=O)O)c1. The second kappa shape index (κ2) is 6.16. The summed E-state index contributed by atoms with van der Waals surface area (Å²) in [5.74, 6) is -0.759. The predicted molar refractivity (Wildman–Crippen MR) is 78.4 cm³/mol. The van der Waals surface area contributed by atoms with E-state index in [1.165, 1.54) is 4.90 Å². The Bertz CT molecular complexity index is 543. The highest BCUT2D eigenvalue weighted by Gasteiger charge is 2.40. The molecular formula is C16H21NO4. The number of amides is 1. The van der Waals surface area contributed by atoms with Crippen LogP contribution in [-0.2, 0) is 9.59 Å². The monoisotopic (exact) mass is 291 g/mol. The highest BCUT2D eigenvalue weighted by molar-refractivity contribution is 5.88. The van der Waals surface area contributed by atoms with E-state index in [1.807, 2.05) is 31.2 Å². The van der Waals surface area contributed by atoms with Gasteiger partial charge >= 0.3 is 5.97 Å². The second-order valence-electron chi connectivity index (χ2n) is 5.52. The zero-order valence-electron chi connectivity index (χ0n) is 12.6. The van der Waals surface area contributed by atoms with Gasteiger partial charge in [0, 0.05) is 6.04 Å². The fourth-order valence-corrected chi connectivity index (χ4v) is 2.87. The number of carbonyl (C=O) groups is 2. The van der Waals surface area contributed by atoms with Crippen molar-refractivity contribution in [2.45, 2.75) is 44.7 Å². The molecular weight excluding hydrogens is 270 g/mol. The standard InChI is InChI=1S/C16H21NO4/c1-10-7-8-14(16(19)20)17(10)15(18)11(2)12-5-4-6-13(9-12)21-3/h4-6,9-11,14H,7-8H2,1-3H3,(H,19,20)/t10-,11?,14-/m0/s1. The fraction of sp³-hybridized carbons (Fsp3) is 0.500. The summed E-state index contributed by atoms with van der Waals surface area (Å²) in [7, 11) is 1.58. The Kier molecular flexibility index (Phi) is 4.50. The van der Waals surface area contributed by atoms with Gasteiger partial charge in [-0.1, -0.05) is 12.1 Å². The average molecular weight is 291 g/mol. The first-order chi connectivity index (χ1) is 9.95. The Hall–Kier alpha value is -2.04. The Morgan fingerprint density at radius 1 is 1.38 bits per heavy atom. The van der Waals surface area contributed by atoms with Gasteiger partial charge in [0.1, 0.15) is 11.8 Å². The van der Waals surface area contributed by atoms with Crippen molar-refractivity contribution in [3.05, 3.63) is 29.8 Å². The molecule has 1 aliphatic heterocycles. The third-order valence-electron chi connectivity index (χ3n) is 4.17. The van der Waals surface area contributed by atoms with Crippen LogP contribution in [0.15, 0.2) is 24.3 Å². The van der Waals surface area contributed by atoms with E-state index >= 15 is 0 Å². The van der Waals surface area contributed by atoms with Crippen molar-refractivity contribution in [2.24, 2.45) is 0 Å². The number of hydrogen-bond acceptors (Lipinski definition) is 3. The summed E-state index contributed by atoms with van der Waals surface area (Å²) in [6.07, 6.45) is 1.25. The molecule has 1 fully saturated rings. The number of carbonyl (C=O) groups excluding carboxylic acids is 1. The minimum atomic E-state index is -0.925. The summed E-state index contributed by atoms with van der Waals surface area (Å²) < 4.78 is 5.17. The lowest BCUT2D eigenvalue weighted by Crippen LogP contribution is -2.45. The normalized spacial score (nSPS) is 22.9. The number of aliphatic carboxylic acids is 1. The number of carboxylic acid groups (broad SMARTS) is 1. The number of hydrogen-bond donors (Lipinski definition) is 1. The van der Waals surface area contributed by atoms with E-state index in [0.29, 0.717) is 12.2 Å². The molecule has 5 heteroatoms. The van der Waals surface area contributed by atoms with E-state index in [-0.39, 0.29) is 17.9 Å². The zero-order chi connectivity index (χ0) is 15.6. The first-order valence-corrected chi connectivity index (χ1v) is 7.14. The van der Waals surface area contributed by atoms with Crippen LogP contribution >= 0.6 is 0 Å². The molecule has 0 saturated carbocycles. The molecule has 1 amide bonds. The Morgan fingerprint density at radius 2 is 2.10 bits per heavy atom. The van der Waals surface area contributed by atoms with Gasteiger partial charge in [0.05, 0.1) is 13.0 Å². The number of methoxy groups -OCH3 is 1. The van der Waals surface area contributed by atoms with Crippen molar-refractivity contribution in [1.82, 2.24) is 4.90 Å². The number of rotatable bonds is 4. The van der Waals surface area contributed by atoms with Gasteiger partial charge in [-0.15, -0.1) is 0 Å². The van der Waals surface area contributed by atoms with Crippen LogP contribution in [0.2, 0.25) is 0 Å². The smallest absolute Gasteiger partial charge is 0.326 e. The third-order valence-corrected chi connectivity index (χ3v) is 4.17. The zero-order valence-corrected chi connectivity index (χ0v) is 12.6. The van der Waals surface area contributed by atoms with Gasteiger partial charge < -0.3 is 14.7 Å². The van der Waals surface area contributed by atoms with Crippen LogP contribution in [0.3, 0.4) is 0 Å². The summed E-state index contributed by atoms with van der Waals surface area (Å²) in [6, 6.07) is 6.59. The van der Waals surface area contributed by atoms with E-state index in [0.717, 1.165) is 12.0 Å². The lowest BCUT2D eigenvalue weighted by molar-refractivity contribution is -0.149. The highest BCUT2D eigenvalue weighted by Crippen LogP contribution is 2.30. The van der Waals surface area contributed by atoms with E-state index < -0.39 is 12.0 Å². The third kappa shape index (κ3) is 3.01. The molecule has 1 heterocycles. The first-order valence-electron chi connectivity index (χ1n) is 7.14. The maximum absolute atomic E-state index is 12.7. The molecule has 1 unspecified atom stereocenters. The number of benzene rings is 1. The van der Waals surface area contributed by atoms with Gasteiger partial charge in [0.2, 0.25) is 5.91 Å². The average Bonchev–Trinajstić information content (AvgIpc) is 2.87. The van der Waals surface area contributed by atoms with Crippen LogP contribution in [0.5, 0.6) is 5.75 Å². The van der Waals surface area contributed by atoms with Gasteiger partial charge in [-0.25, -0.2) is 4.79 Å². The summed E-state index contributed by atoms with van der Waals surface area (Å²) >= 11 is 0. The topological polar surface area (TPSA) is 66.8 Å². The van der Waals surface area contributed by atoms with Crippen LogP contribution in [0, 0.1) is 0 Å². The van der Waals surface area contributed by atoms with Crippen molar-refractivity contribution in [1.29, 1.82) is 0 Å². The summed E-state index contributed by atoms with van der Waals surface area (Å²) in [4.78, 5) is 25.5. The van der Waals surface area contributed by atoms with Crippen LogP contribution in [0.25, 0.3) is 0 Å². The van der Waals surface area contributed by atoms with Crippen LogP contribution in [0.4, 0.5) is 0 Å². The molecule has 1 aromatic rings. The fourth-order valence-electron chi connectivity index (χ4n) is 2.87. The van der Waals surface area contributed by atoms with Gasteiger partial charge in [0.15, 0.2) is 0 Å². The van der Waals surface area contributed by atoms with Crippen molar-refractivity contribution in [2.75, 3.05) is 7.11 Å². The molecule has 1 saturated heterocycles. The Labute approximate surface area is 124 Å². The molecule has 0 spiro atoms. The number of ether oxygens (including phenoxy) is 1. The highest BCUT2D eigenvalue weighted by atomic mass is 16.5. The molecule has 1 N–H and O–H groups in total. The number of carboxylic acids is 1. The summed E-state index contributed by atoms with van der Waals surface area (Å²) in [5, 5.41) is 9.27. The van der Waals surface area contributed by atoms with Crippen molar-refractivity contribution >= 4 is 11.9 Å². The second-order valence-corrected chi connectivity index (χ2v) is 5.52. The van der Waals surface area contributed by atoms with Crippen molar-refractivity contribution in [3.8, 4) is 5.75 Å². The minimum Gasteiger partial charge on any atom is -0.497 e. The van der Waals surface area contributed by atoms with Gasteiger partial charge in [-0.3, -0.25) is 4.79 Å². The molecule has 1 aromatic carbocycles. The largest absolute Gasteiger partial charge is 0.497 e. The molecule has 0 aliphatic carbocycles. The molecule has 21 heavy (non-hydrogen) atoms. The molecule has 0 aromatic heterocycles. The van der Waals surface area contributed by atoms with Gasteiger partial charge in [-0.2, -0.15) is 0 Å². The molecule has 1 aliphatic rings. The molecule has 5 nitrogen and oxygen atoms in total. The maximum atomic E-state index is 12.7. The van der Waals surface area contributed by atoms with Gasteiger partial charge in [0.25, 0.3) is 0 Å². The Balaban J connectivity index is 2.23. The predicted octanol–water partition coefficient (Wildman–Crippen LogP) is 2.26. The van der Waals surface area contributed by atoms with Gasteiger partial charge in [-0.05, 0) is 44.4 Å². The summed E-state index contributed by atoms with van der Waals surface area (Å²) in [6.45, 7) is 3.71. The first kappa shape index (κ1) is 15.4. The molecule has 3 atom stereocenters. The Morgan fingerprint density at radius 3 is 2.71 bits per heavy atom. The molecule has 0 radical (unpaired) electrons.